The van der Waals surface area contributed by atoms with Crippen LogP contribution in [-0.2, 0) is 48.6 Å². The average Bonchev–Trinajstić information content (AvgIpc) is 1.82. The topological polar surface area (TPSA) is 305 Å². The van der Waals surface area contributed by atoms with Crippen molar-refractivity contribution in [3.05, 3.63) is 264 Å². The Morgan fingerprint density at radius 3 is 1.00 bits per heavy atom. The fourth-order valence-electron chi connectivity index (χ4n) is 8.92. The van der Waals surface area contributed by atoms with E-state index in [0.29, 0.717) is 37.1 Å². The molecule has 0 aliphatic rings. The molecule has 0 spiro atoms. The number of nitroso groups, excluding NO2 is 1. The van der Waals surface area contributed by atoms with E-state index in [9.17, 15) is 20.4 Å². The maximum absolute atomic E-state index is 10.0. The summed E-state index contributed by atoms with van der Waals surface area (Å²) in [6, 6.07) is 66.6. The van der Waals surface area contributed by atoms with Crippen LogP contribution < -0.4 is 16.0 Å². The van der Waals surface area contributed by atoms with Gasteiger partial charge in [-0.15, -0.1) is 15.3 Å². The van der Waals surface area contributed by atoms with Crippen LogP contribution in [0.25, 0.3) is 56.0 Å². The van der Waals surface area contributed by atoms with Gasteiger partial charge in [0.25, 0.3) is 0 Å². The van der Waals surface area contributed by atoms with Crippen molar-refractivity contribution < 1.29 is 49.4 Å². The van der Waals surface area contributed by atoms with Crippen molar-refractivity contribution in [3.63, 3.8) is 0 Å². The molecular formula is C64H61N13O9Os. The monoisotopic (exact) mass is 1350 g/mol. The Hall–Kier alpha value is -10.4. The van der Waals surface area contributed by atoms with E-state index in [-0.39, 0.29) is 11.6 Å². The third-order valence-corrected chi connectivity index (χ3v) is 12.9. The number of fused-ring (bicyclic) bond motifs is 3. The normalized spacial score (nSPS) is 11.5. The summed E-state index contributed by atoms with van der Waals surface area (Å²) >= 11 is -6.06. The molecule has 0 amide bonds. The Bertz CT molecular complexity index is 4210. The third-order valence-electron chi connectivity index (χ3n) is 12.9. The molecule has 7 N–H and O–H groups in total. The molecule has 0 aliphatic carbocycles. The van der Waals surface area contributed by atoms with Crippen molar-refractivity contribution >= 4 is 40.1 Å². The number of anilines is 3. The molecule has 444 valence electrons. The molecule has 6 heterocycles. The molecule has 12 rings (SSSR count). The molecule has 0 bridgehead atoms. The molecule has 6 aromatic heterocycles. The Balaban J connectivity index is 0.000000159. The van der Waals surface area contributed by atoms with Crippen molar-refractivity contribution in [3.8, 4) is 33.4 Å². The summed E-state index contributed by atoms with van der Waals surface area (Å²) < 4.78 is 39.8. The van der Waals surface area contributed by atoms with Crippen molar-refractivity contribution in [2.45, 2.75) is 31.8 Å². The number of nitrogens with zero attached hydrogens (tertiary/aromatic N) is 10. The zero-order chi connectivity index (χ0) is 61.5. The van der Waals surface area contributed by atoms with Gasteiger partial charge in [0.1, 0.15) is 28.8 Å². The number of hydrogen-bond acceptors (Lipinski definition) is 19. The first kappa shape index (κ1) is 62.6. The van der Waals surface area contributed by atoms with E-state index < -0.39 is 40.3 Å². The van der Waals surface area contributed by atoms with Gasteiger partial charge in [0, 0.05) is 54.9 Å². The molecule has 22 nitrogen and oxygen atoms in total. The van der Waals surface area contributed by atoms with Gasteiger partial charge in [0.2, 0.25) is 0 Å². The minimum atomic E-state index is -6.06. The summed E-state index contributed by atoms with van der Waals surface area (Å²) in [5.74, 6) is 2.97. The number of nitrogens with one attached hydrogen (secondary N) is 3. The molecule has 0 fully saturated rings. The second-order valence-corrected chi connectivity index (χ2v) is 21.3. The van der Waals surface area contributed by atoms with E-state index in [4.69, 9.17) is 19.1 Å². The molecule has 2 atom stereocenters. The predicted octanol–water partition coefficient (Wildman–Crippen LogP) is 10.6. The van der Waals surface area contributed by atoms with Gasteiger partial charge in [-0.1, -0.05) is 194 Å². The number of rotatable bonds is 17. The van der Waals surface area contributed by atoms with Gasteiger partial charge in [-0.05, 0) is 57.7 Å². The number of aliphatic hydroxyl groups is 4. The number of aromatic nitrogens is 9. The molecular weight excluding hydrogens is 1290 g/mol. The van der Waals surface area contributed by atoms with Crippen LogP contribution >= 0.6 is 0 Å². The molecule has 0 saturated heterocycles. The zero-order valence-corrected chi connectivity index (χ0v) is 49.5. The van der Waals surface area contributed by atoms with E-state index in [0.717, 1.165) is 66.9 Å². The summed E-state index contributed by atoms with van der Waals surface area (Å²) in [5.41, 5.74) is 12.4. The van der Waals surface area contributed by atoms with Crippen molar-refractivity contribution in [2.24, 2.45) is 5.18 Å². The van der Waals surface area contributed by atoms with E-state index in [1.165, 1.54) is 12.6 Å². The predicted molar refractivity (Wildman–Crippen MR) is 325 cm³/mol. The van der Waals surface area contributed by atoms with Crippen LogP contribution in [0.5, 0.6) is 0 Å². The Morgan fingerprint density at radius 1 is 0.460 bits per heavy atom. The van der Waals surface area contributed by atoms with Crippen LogP contribution in [0.4, 0.5) is 17.5 Å². The van der Waals surface area contributed by atoms with Gasteiger partial charge < -0.3 is 36.4 Å². The number of benzene rings is 6. The summed E-state index contributed by atoms with van der Waals surface area (Å²) in [5, 5.41) is 64.2. The van der Waals surface area contributed by atoms with Crippen LogP contribution in [0.2, 0.25) is 0 Å². The SMILES string of the molecule is C=Cc1nc(NCc2ccccc2)c2c(-c3ccccc3)ccn2n1.CN=O.OCC(O)c1nc(NCc2ccccc2)c2c(-c3ccccc3)ccn2n1.OCC(O)c1nc(NCc2ccccc2)c2c(-c3ccccc3)ccn2n1.[O]=[Os](=[O])(=[O])=[O]. The first-order chi connectivity index (χ1) is 42.3. The van der Waals surface area contributed by atoms with Crippen LogP contribution in [0.15, 0.2) is 231 Å². The summed E-state index contributed by atoms with van der Waals surface area (Å²) in [6.45, 7) is 4.80. The van der Waals surface area contributed by atoms with Gasteiger partial charge in [-0.2, -0.15) is 4.91 Å². The first-order valence-corrected chi connectivity index (χ1v) is 31.1. The molecule has 0 saturated carbocycles. The molecule has 2 unspecified atom stereocenters. The van der Waals surface area contributed by atoms with Crippen LogP contribution in [0, 0.1) is 4.91 Å². The average molecular weight is 1350 g/mol. The van der Waals surface area contributed by atoms with Crippen LogP contribution in [0.3, 0.4) is 0 Å². The van der Waals surface area contributed by atoms with E-state index >= 15 is 0 Å². The quantitative estimate of drug-likeness (QED) is 0.0417. The van der Waals surface area contributed by atoms with Gasteiger partial charge in [-0.25, -0.2) is 28.5 Å². The fourth-order valence-corrected chi connectivity index (χ4v) is 8.92. The Morgan fingerprint density at radius 2 is 0.724 bits per heavy atom. The van der Waals surface area contributed by atoms with Gasteiger partial charge in [-0.3, -0.25) is 0 Å². The van der Waals surface area contributed by atoms with E-state index in [1.807, 2.05) is 193 Å². The summed E-state index contributed by atoms with van der Waals surface area (Å²) in [4.78, 5) is 22.2. The van der Waals surface area contributed by atoms with Gasteiger partial charge in [0.15, 0.2) is 34.9 Å². The molecule has 0 aliphatic heterocycles. The summed E-state index contributed by atoms with van der Waals surface area (Å²) in [6.07, 6.45) is 5.03. The van der Waals surface area contributed by atoms with Crippen molar-refractivity contribution in [1.29, 1.82) is 0 Å². The van der Waals surface area contributed by atoms with E-state index in [1.54, 1.807) is 15.1 Å². The standard InChI is InChI=1S/2C21H20N4O2.C21H18N4.CH3NO.4O.Os/c2*26-14-18(27)20-23-21(22-13-15-7-3-1-4-8-15)19-17(11-12-25(19)24-20)16-9-5-2-6-10-16;1-2-19-23-21(22-15-16-9-5-3-6-10-16)20-18(13-14-25(20)24-19)17-11-7-4-8-12-17;1-2-3;;;;;/h2*1-12,18,26-27H,13-14H2,(H,22,23,24);2-14H,1,15H2,(H,22,23,24);1H3;;;;;. The van der Waals surface area contributed by atoms with Crippen LogP contribution in [0.1, 0.15) is 46.4 Å². The number of aliphatic hydroxyl groups excluding tert-OH is 4. The Labute approximate surface area is 501 Å². The third kappa shape index (κ3) is 17.4. The van der Waals surface area contributed by atoms with E-state index in [2.05, 4.69) is 88.3 Å². The molecule has 23 heteroatoms. The zero-order valence-electron chi connectivity index (χ0n) is 46.9. The molecule has 6 aromatic carbocycles. The van der Waals surface area contributed by atoms with Crippen molar-refractivity contribution in [2.75, 3.05) is 36.2 Å². The fraction of sp³-hybridized carbons (Fsp3) is 0.125. The number of hydrogen-bond donors (Lipinski definition) is 7. The second kappa shape index (κ2) is 30.9. The summed E-state index contributed by atoms with van der Waals surface area (Å²) in [7, 11) is 1.19. The van der Waals surface area contributed by atoms with Crippen molar-refractivity contribution in [1.82, 2.24) is 43.8 Å². The second-order valence-electron chi connectivity index (χ2n) is 18.8. The molecule has 12 aromatic rings. The minimum absolute atomic E-state index is 0.177. The van der Waals surface area contributed by atoms with Gasteiger partial charge in [0.05, 0.1) is 20.3 Å². The van der Waals surface area contributed by atoms with Crippen LogP contribution in [-0.4, -0.2) is 84.5 Å². The Kier molecular flexibility index (Phi) is 22.3. The molecule has 0 radical (unpaired) electrons. The molecule has 87 heavy (non-hydrogen) atoms. The van der Waals surface area contributed by atoms with Gasteiger partial charge >= 0.3 is 29.0 Å². The first-order valence-electron chi connectivity index (χ1n) is 27.0. The maximum atomic E-state index is 10.0.